The molecule has 1 fully saturated rings. The van der Waals surface area contributed by atoms with Gasteiger partial charge >= 0.3 is 0 Å². The summed E-state index contributed by atoms with van der Waals surface area (Å²) in [4.78, 5) is 4.19. The van der Waals surface area contributed by atoms with E-state index in [2.05, 4.69) is 11.1 Å². The second-order valence-corrected chi connectivity index (χ2v) is 4.98. The SMILES string of the molecule is Cn1ccnc1SCC(N)(C#N)C1CC1. The van der Waals surface area contributed by atoms with Gasteiger partial charge in [0, 0.05) is 25.2 Å². The third-order valence-corrected chi connectivity index (χ3v) is 4.00. The Kier molecular flexibility index (Phi) is 2.72. The van der Waals surface area contributed by atoms with E-state index in [0.717, 1.165) is 18.0 Å². The summed E-state index contributed by atoms with van der Waals surface area (Å²) >= 11 is 1.56. The Labute approximate surface area is 93.5 Å². The fourth-order valence-electron chi connectivity index (χ4n) is 1.51. The van der Waals surface area contributed by atoms with Crippen molar-refractivity contribution in [3.63, 3.8) is 0 Å². The molecule has 1 aromatic heterocycles. The van der Waals surface area contributed by atoms with Gasteiger partial charge in [0.2, 0.25) is 0 Å². The first kappa shape index (κ1) is 10.5. The van der Waals surface area contributed by atoms with E-state index < -0.39 is 5.54 Å². The molecule has 0 saturated heterocycles. The van der Waals surface area contributed by atoms with Crippen LogP contribution >= 0.6 is 11.8 Å². The normalized spacial score (nSPS) is 19.5. The molecule has 0 aliphatic heterocycles. The van der Waals surface area contributed by atoms with Crippen molar-refractivity contribution in [1.82, 2.24) is 9.55 Å². The summed E-state index contributed by atoms with van der Waals surface area (Å²) in [5.74, 6) is 1.01. The van der Waals surface area contributed by atoms with Gasteiger partial charge in [0.05, 0.1) is 6.07 Å². The summed E-state index contributed by atoms with van der Waals surface area (Å²) in [5, 5.41) is 10.00. The predicted octanol–water partition coefficient (Wildman–Crippen LogP) is 1.14. The molecule has 1 heterocycles. The van der Waals surface area contributed by atoms with Crippen molar-refractivity contribution in [2.24, 2.45) is 18.7 Å². The zero-order valence-corrected chi connectivity index (χ0v) is 9.50. The van der Waals surface area contributed by atoms with E-state index in [1.54, 1.807) is 18.0 Å². The Hall–Kier alpha value is -0.990. The summed E-state index contributed by atoms with van der Waals surface area (Å²) in [7, 11) is 1.94. The van der Waals surface area contributed by atoms with E-state index in [-0.39, 0.29) is 0 Å². The number of imidazole rings is 1. The lowest BCUT2D eigenvalue weighted by atomic mass is 10.00. The zero-order chi connectivity index (χ0) is 10.9. The molecule has 0 amide bonds. The first-order valence-electron chi connectivity index (χ1n) is 4.96. The quantitative estimate of drug-likeness (QED) is 0.776. The second-order valence-electron chi connectivity index (χ2n) is 4.04. The summed E-state index contributed by atoms with van der Waals surface area (Å²) < 4.78 is 1.94. The molecule has 0 bridgehead atoms. The van der Waals surface area contributed by atoms with Gasteiger partial charge in [-0.15, -0.1) is 0 Å². The van der Waals surface area contributed by atoms with Crippen LogP contribution in [0.2, 0.25) is 0 Å². The summed E-state index contributed by atoms with van der Waals surface area (Å²) in [5.41, 5.74) is 5.38. The smallest absolute Gasteiger partial charge is 0.167 e. The Morgan fingerprint density at radius 1 is 1.80 bits per heavy atom. The van der Waals surface area contributed by atoms with Crippen LogP contribution in [0.5, 0.6) is 0 Å². The number of hydrogen-bond donors (Lipinski definition) is 1. The Morgan fingerprint density at radius 3 is 3.00 bits per heavy atom. The fourth-order valence-corrected chi connectivity index (χ4v) is 2.58. The minimum absolute atomic E-state index is 0.385. The van der Waals surface area contributed by atoms with Crippen LogP contribution in [0.4, 0.5) is 0 Å². The molecule has 5 heteroatoms. The molecule has 80 valence electrons. The molecule has 1 atom stereocenters. The van der Waals surface area contributed by atoms with Crippen molar-refractivity contribution in [2.45, 2.75) is 23.5 Å². The van der Waals surface area contributed by atoms with Gasteiger partial charge in [-0.1, -0.05) is 11.8 Å². The molecule has 2 rings (SSSR count). The molecule has 1 unspecified atom stereocenters. The van der Waals surface area contributed by atoms with Gasteiger partial charge in [-0.05, 0) is 18.8 Å². The highest BCUT2D eigenvalue weighted by molar-refractivity contribution is 7.99. The minimum Gasteiger partial charge on any atom is -0.329 e. The van der Waals surface area contributed by atoms with Crippen LogP contribution in [0, 0.1) is 17.2 Å². The van der Waals surface area contributed by atoms with Crippen LogP contribution in [0.15, 0.2) is 17.6 Å². The molecular formula is C10H14N4S. The highest BCUT2D eigenvalue weighted by Gasteiger charge is 2.42. The predicted molar refractivity (Wildman–Crippen MR) is 59.2 cm³/mol. The van der Waals surface area contributed by atoms with Crippen molar-refractivity contribution < 1.29 is 0 Å². The first-order chi connectivity index (χ1) is 7.15. The van der Waals surface area contributed by atoms with Crippen molar-refractivity contribution in [2.75, 3.05) is 5.75 Å². The number of thioether (sulfide) groups is 1. The summed E-state index contributed by atoms with van der Waals surface area (Å²) in [6, 6.07) is 2.24. The second kappa shape index (κ2) is 3.87. The minimum atomic E-state index is -0.670. The average Bonchev–Trinajstić information content (AvgIpc) is 3.01. The van der Waals surface area contributed by atoms with Crippen molar-refractivity contribution in [3.05, 3.63) is 12.4 Å². The molecule has 2 N–H and O–H groups in total. The van der Waals surface area contributed by atoms with E-state index in [0.29, 0.717) is 11.7 Å². The Bertz CT molecular complexity index is 390. The highest BCUT2D eigenvalue weighted by Crippen LogP contribution is 2.40. The lowest BCUT2D eigenvalue weighted by Gasteiger charge is -2.19. The largest absolute Gasteiger partial charge is 0.329 e. The van der Waals surface area contributed by atoms with E-state index in [1.165, 1.54) is 0 Å². The summed E-state index contributed by atoms with van der Waals surface area (Å²) in [6.07, 6.45) is 5.82. The standard InChI is InChI=1S/C10H14N4S/c1-14-5-4-13-9(14)15-7-10(12,6-11)8-2-3-8/h4-5,8H,2-3,7,12H2,1H3. The highest BCUT2D eigenvalue weighted by atomic mass is 32.2. The third kappa shape index (κ3) is 2.16. The van der Waals surface area contributed by atoms with E-state index >= 15 is 0 Å². The zero-order valence-electron chi connectivity index (χ0n) is 8.68. The number of aromatic nitrogens is 2. The molecule has 0 spiro atoms. The Morgan fingerprint density at radius 2 is 2.53 bits per heavy atom. The van der Waals surface area contributed by atoms with Crippen LogP contribution in [-0.4, -0.2) is 20.8 Å². The average molecular weight is 222 g/mol. The maximum absolute atomic E-state index is 9.08. The number of hydrogen-bond acceptors (Lipinski definition) is 4. The summed E-state index contributed by atoms with van der Waals surface area (Å²) in [6.45, 7) is 0. The van der Waals surface area contributed by atoms with Gasteiger partial charge in [-0.3, -0.25) is 0 Å². The Balaban J connectivity index is 1.98. The molecule has 1 aromatic rings. The molecule has 4 nitrogen and oxygen atoms in total. The van der Waals surface area contributed by atoms with Gasteiger partial charge in [-0.2, -0.15) is 5.26 Å². The van der Waals surface area contributed by atoms with Crippen LogP contribution in [-0.2, 0) is 7.05 Å². The molecule has 1 aliphatic carbocycles. The molecule has 1 aliphatic rings. The van der Waals surface area contributed by atoms with Crippen LogP contribution < -0.4 is 5.73 Å². The first-order valence-corrected chi connectivity index (χ1v) is 5.94. The van der Waals surface area contributed by atoms with E-state index in [4.69, 9.17) is 11.0 Å². The molecule has 15 heavy (non-hydrogen) atoms. The number of nitrogens with zero attached hydrogens (tertiary/aromatic N) is 3. The molecular weight excluding hydrogens is 208 g/mol. The van der Waals surface area contributed by atoms with Crippen molar-refractivity contribution in [1.29, 1.82) is 5.26 Å². The van der Waals surface area contributed by atoms with Crippen LogP contribution in [0.3, 0.4) is 0 Å². The maximum Gasteiger partial charge on any atom is 0.167 e. The van der Waals surface area contributed by atoms with E-state index in [1.807, 2.05) is 17.8 Å². The number of nitriles is 1. The van der Waals surface area contributed by atoms with Gasteiger partial charge in [-0.25, -0.2) is 4.98 Å². The fraction of sp³-hybridized carbons (Fsp3) is 0.600. The number of nitrogens with two attached hydrogens (primary N) is 1. The number of aryl methyl sites for hydroxylation is 1. The third-order valence-electron chi connectivity index (χ3n) is 2.73. The monoisotopic (exact) mass is 222 g/mol. The lowest BCUT2D eigenvalue weighted by Crippen LogP contribution is -2.43. The van der Waals surface area contributed by atoms with Crippen molar-refractivity contribution >= 4 is 11.8 Å². The van der Waals surface area contributed by atoms with Gasteiger partial charge in [0.25, 0.3) is 0 Å². The van der Waals surface area contributed by atoms with Crippen molar-refractivity contribution in [3.8, 4) is 6.07 Å². The maximum atomic E-state index is 9.08. The molecule has 0 radical (unpaired) electrons. The number of rotatable bonds is 4. The van der Waals surface area contributed by atoms with Crippen LogP contribution in [0.1, 0.15) is 12.8 Å². The van der Waals surface area contributed by atoms with Gasteiger partial charge < -0.3 is 10.3 Å². The topological polar surface area (TPSA) is 67.6 Å². The lowest BCUT2D eigenvalue weighted by molar-refractivity contribution is 0.531. The van der Waals surface area contributed by atoms with Gasteiger partial charge in [0.15, 0.2) is 5.16 Å². The van der Waals surface area contributed by atoms with Crippen LogP contribution in [0.25, 0.3) is 0 Å². The van der Waals surface area contributed by atoms with Gasteiger partial charge in [0.1, 0.15) is 5.54 Å². The van der Waals surface area contributed by atoms with E-state index in [9.17, 15) is 0 Å². The molecule has 1 saturated carbocycles. The molecule has 0 aromatic carbocycles.